The van der Waals surface area contributed by atoms with Crippen molar-refractivity contribution in [2.24, 2.45) is 5.92 Å². The number of nitrogens with one attached hydrogen (secondary N) is 1. The Balaban J connectivity index is 1.88. The number of aromatic nitrogens is 1. The molecular weight excluding hydrogens is 256 g/mol. The predicted molar refractivity (Wildman–Crippen MR) is 80.9 cm³/mol. The third-order valence-corrected chi connectivity index (χ3v) is 5.25. The maximum atomic E-state index is 12.3. The minimum atomic E-state index is 0.169. The molecule has 2 unspecified atom stereocenters. The molecule has 0 spiro atoms. The Labute approximate surface area is 117 Å². The molecule has 0 saturated carbocycles. The smallest absolute Gasteiger partial charge is 0.268 e. The number of rotatable bonds is 3. The topological polar surface area (TPSA) is 34.0 Å². The third kappa shape index (κ3) is 2.47. The van der Waals surface area contributed by atoms with E-state index in [0.29, 0.717) is 12.0 Å². The van der Waals surface area contributed by atoms with Gasteiger partial charge in [-0.25, -0.2) is 0 Å². The zero-order chi connectivity index (χ0) is 13.2. The van der Waals surface area contributed by atoms with Crippen molar-refractivity contribution in [3.05, 3.63) is 34.6 Å². The average molecular weight is 276 g/mol. The molecular formula is C15H20N2OS. The number of hydrogen-bond donors (Lipinski definition) is 1. The summed E-state index contributed by atoms with van der Waals surface area (Å²) in [4.78, 5) is 12.3. The largest absolute Gasteiger partial charge is 0.312 e. The van der Waals surface area contributed by atoms with Crippen LogP contribution in [-0.2, 0) is 6.54 Å². The summed E-state index contributed by atoms with van der Waals surface area (Å²) in [7, 11) is 0. The second kappa shape index (κ2) is 5.47. The first-order valence-corrected chi connectivity index (χ1v) is 7.89. The molecule has 102 valence electrons. The van der Waals surface area contributed by atoms with Crippen molar-refractivity contribution >= 4 is 21.6 Å². The second-order valence-corrected chi connectivity index (χ2v) is 6.39. The Bertz CT molecular complexity index is 616. The summed E-state index contributed by atoms with van der Waals surface area (Å²) in [6.07, 6.45) is 3.74. The quantitative estimate of drug-likeness (QED) is 0.935. The van der Waals surface area contributed by atoms with Gasteiger partial charge in [0.15, 0.2) is 0 Å². The average Bonchev–Trinajstić information content (AvgIpc) is 2.77. The van der Waals surface area contributed by atoms with Crippen molar-refractivity contribution < 1.29 is 0 Å². The van der Waals surface area contributed by atoms with Gasteiger partial charge in [0.1, 0.15) is 0 Å². The molecule has 3 nitrogen and oxygen atoms in total. The summed E-state index contributed by atoms with van der Waals surface area (Å²) in [5, 5.41) is 4.44. The van der Waals surface area contributed by atoms with Crippen molar-refractivity contribution in [3.8, 4) is 0 Å². The van der Waals surface area contributed by atoms with Crippen molar-refractivity contribution in [1.82, 2.24) is 9.27 Å². The van der Waals surface area contributed by atoms with Crippen LogP contribution in [0.2, 0.25) is 0 Å². The van der Waals surface area contributed by atoms with E-state index < -0.39 is 0 Å². The van der Waals surface area contributed by atoms with Crippen LogP contribution < -0.4 is 10.9 Å². The van der Waals surface area contributed by atoms with Gasteiger partial charge < -0.3 is 5.32 Å². The number of benzene rings is 1. The Morgan fingerprint density at radius 1 is 1.42 bits per heavy atom. The number of piperidine rings is 1. The minimum absolute atomic E-state index is 0.169. The van der Waals surface area contributed by atoms with Crippen LogP contribution in [0.15, 0.2) is 29.1 Å². The molecule has 2 heterocycles. The van der Waals surface area contributed by atoms with Gasteiger partial charge >= 0.3 is 0 Å². The highest BCUT2D eigenvalue weighted by atomic mass is 32.1. The fraction of sp³-hybridized carbons (Fsp3) is 0.533. The molecule has 2 atom stereocenters. The first-order chi connectivity index (χ1) is 9.29. The first-order valence-electron chi connectivity index (χ1n) is 7.12. The Morgan fingerprint density at radius 3 is 3.05 bits per heavy atom. The zero-order valence-corrected chi connectivity index (χ0v) is 12.1. The molecule has 2 aromatic rings. The van der Waals surface area contributed by atoms with E-state index in [4.69, 9.17) is 0 Å². The lowest BCUT2D eigenvalue weighted by molar-refractivity contribution is 0.252. The molecule has 1 N–H and O–H groups in total. The molecule has 1 aliphatic rings. The third-order valence-electron chi connectivity index (χ3n) is 4.17. The van der Waals surface area contributed by atoms with E-state index in [9.17, 15) is 4.79 Å². The fourth-order valence-corrected chi connectivity index (χ4v) is 4.09. The number of hydrogen-bond acceptors (Lipinski definition) is 3. The van der Waals surface area contributed by atoms with Crippen molar-refractivity contribution in [3.63, 3.8) is 0 Å². The van der Waals surface area contributed by atoms with Crippen LogP contribution in [-0.4, -0.2) is 16.5 Å². The maximum absolute atomic E-state index is 12.3. The molecule has 0 amide bonds. The van der Waals surface area contributed by atoms with E-state index in [1.165, 1.54) is 19.3 Å². The van der Waals surface area contributed by atoms with Crippen molar-refractivity contribution in [1.29, 1.82) is 0 Å². The molecule has 1 aliphatic heterocycles. The van der Waals surface area contributed by atoms with Crippen LogP contribution in [0.25, 0.3) is 10.1 Å². The van der Waals surface area contributed by atoms with E-state index in [2.05, 4.69) is 12.2 Å². The highest BCUT2D eigenvalue weighted by Crippen LogP contribution is 2.23. The van der Waals surface area contributed by atoms with E-state index in [1.807, 2.05) is 28.2 Å². The zero-order valence-electron chi connectivity index (χ0n) is 11.3. The Hall–Kier alpha value is -1.13. The summed E-state index contributed by atoms with van der Waals surface area (Å²) in [6, 6.07) is 8.34. The molecule has 0 bridgehead atoms. The predicted octanol–water partition coefficient (Wildman–Crippen LogP) is 2.84. The van der Waals surface area contributed by atoms with Crippen molar-refractivity contribution in [2.75, 3.05) is 6.54 Å². The Morgan fingerprint density at radius 2 is 2.26 bits per heavy atom. The lowest BCUT2D eigenvalue weighted by Crippen LogP contribution is -2.44. The van der Waals surface area contributed by atoms with Gasteiger partial charge in [-0.15, -0.1) is 0 Å². The molecule has 1 aromatic carbocycles. The monoisotopic (exact) mass is 276 g/mol. The molecule has 1 saturated heterocycles. The van der Waals surface area contributed by atoms with E-state index >= 15 is 0 Å². The Kier molecular flexibility index (Phi) is 3.71. The standard InChI is InChI=1S/C15H20N2OS/c1-2-11-6-5-9-16-13(11)10-17-15(18)12-7-3-4-8-14(12)19-17/h3-4,7-8,11,13,16H,2,5-6,9-10H2,1H3. The van der Waals surface area contributed by atoms with Gasteiger partial charge in [0.05, 0.1) is 16.6 Å². The molecule has 0 radical (unpaired) electrons. The first kappa shape index (κ1) is 12.9. The normalized spacial score (nSPS) is 23.8. The molecule has 1 fully saturated rings. The highest BCUT2D eigenvalue weighted by Gasteiger charge is 2.24. The second-order valence-electron chi connectivity index (χ2n) is 5.32. The molecule has 19 heavy (non-hydrogen) atoms. The summed E-state index contributed by atoms with van der Waals surface area (Å²) < 4.78 is 3.02. The van der Waals surface area contributed by atoms with Gasteiger partial charge in [-0.05, 0) is 37.4 Å². The summed E-state index contributed by atoms with van der Waals surface area (Å²) in [5.41, 5.74) is 0.169. The lowest BCUT2D eigenvalue weighted by atomic mass is 9.89. The summed E-state index contributed by atoms with van der Waals surface area (Å²) in [5.74, 6) is 0.700. The van der Waals surface area contributed by atoms with Gasteiger partial charge in [0.25, 0.3) is 5.56 Å². The highest BCUT2D eigenvalue weighted by molar-refractivity contribution is 7.13. The van der Waals surface area contributed by atoms with Crippen LogP contribution in [0.5, 0.6) is 0 Å². The van der Waals surface area contributed by atoms with Gasteiger partial charge in [0, 0.05) is 6.04 Å². The SMILES string of the molecule is CCC1CCCNC1Cn1sc2ccccc2c1=O. The van der Waals surface area contributed by atoms with E-state index in [-0.39, 0.29) is 5.56 Å². The van der Waals surface area contributed by atoms with E-state index in [0.717, 1.165) is 23.2 Å². The number of nitrogens with zero attached hydrogens (tertiary/aromatic N) is 1. The number of fused-ring (bicyclic) bond motifs is 1. The molecule has 4 heteroatoms. The van der Waals surface area contributed by atoms with Crippen LogP contribution in [0, 0.1) is 5.92 Å². The lowest BCUT2D eigenvalue weighted by Gasteiger charge is -2.31. The van der Waals surface area contributed by atoms with Gasteiger partial charge in [0.2, 0.25) is 0 Å². The van der Waals surface area contributed by atoms with Gasteiger partial charge in [-0.3, -0.25) is 8.75 Å². The molecule has 0 aliphatic carbocycles. The molecule has 3 rings (SSSR count). The van der Waals surface area contributed by atoms with E-state index in [1.54, 1.807) is 11.5 Å². The summed E-state index contributed by atoms with van der Waals surface area (Å²) in [6.45, 7) is 4.15. The van der Waals surface area contributed by atoms with Crippen LogP contribution in [0.4, 0.5) is 0 Å². The maximum Gasteiger partial charge on any atom is 0.268 e. The van der Waals surface area contributed by atoms with Gasteiger partial charge in [-0.2, -0.15) is 0 Å². The van der Waals surface area contributed by atoms with Crippen LogP contribution in [0.3, 0.4) is 0 Å². The van der Waals surface area contributed by atoms with Crippen molar-refractivity contribution in [2.45, 2.75) is 38.8 Å². The minimum Gasteiger partial charge on any atom is -0.312 e. The fourth-order valence-electron chi connectivity index (χ4n) is 3.04. The van der Waals surface area contributed by atoms with Crippen LogP contribution >= 0.6 is 11.5 Å². The van der Waals surface area contributed by atoms with Gasteiger partial charge in [-0.1, -0.05) is 37.0 Å². The molecule has 1 aromatic heterocycles. The summed E-state index contributed by atoms with van der Waals surface area (Å²) >= 11 is 1.59. The van der Waals surface area contributed by atoms with Crippen LogP contribution in [0.1, 0.15) is 26.2 Å².